The highest BCUT2D eigenvalue weighted by Gasteiger charge is 2.14. The molecule has 0 radical (unpaired) electrons. The third-order valence-electron chi connectivity index (χ3n) is 3.38. The summed E-state index contributed by atoms with van der Waals surface area (Å²) in [5, 5.41) is 0. The van der Waals surface area contributed by atoms with Gasteiger partial charge in [0.25, 0.3) is 0 Å². The lowest BCUT2D eigenvalue weighted by Gasteiger charge is -2.06. The number of aryl methyl sites for hydroxylation is 2. The number of imidazole rings is 2. The number of nitrogens with one attached hydrogen (secondary N) is 2. The summed E-state index contributed by atoms with van der Waals surface area (Å²) in [6.45, 7) is 3.60. The second kappa shape index (κ2) is 7.08. The topological polar surface area (TPSA) is 115 Å². The van der Waals surface area contributed by atoms with Crippen LogP contribution in [0.3, 0.4) is 0 Å². The largest absolute Gasteiger partial charge is 0.412 e. The minimum atomic E-state index is -0.374. The summed E-state index contributed by atoms with van der Waals surface area (Å²) in [6.07, 6.45) is 3.59. The van der Waals surface area contributed by atoms with Crippen LogP contribution >= 0.6 is 12.4 Å². The maximum Gasteiger partial charge on any atom is 0.323 e. The molecule has 0 unspecified atom stereocenters. The molecular weight excluding hydrogens is 320 g/mol. The van der Waals surface area contributed by atoms with E-state index in [1.165, 1.54) is 0 Å². The van der Waals surface area contributed by atoms with Crippen LogP contribution in [0.4, 0.5) is 0 Å². The van der Waals surface area contributed by atoms with Gasteiger partial charge < -0.3 is 20.0 Å². The zero-order valence-electron chi connectivity index (χ0n) is 12.6. The molecule has 2 aromatic heterocycles. The first-order chi connectivity index (χ1) is 10.1. The van der Waals surface area contributed by atoms with Crippen molar-refractivity contribution in [2.24, 2.45) is 0 Å². The lowest BCUT2D eigenvalue weighted by atomic mass is 10.1. The molecule has 2 heterocycles. The highest BCUT2D eigenvalue weighted by molar-refractivity contribution is 6.08. The molecule has 0 atom stereocenters. The molecule has 7 nitrogen and oxygen atoms in total. The van der Waals surface area contributed by atoms with E-state index in [-0.39, 0.29) is 29.4 Å². The maximum absolute atomic E-state index is 12.3. The molecule has 0 aliphatic heterocycles. The fourth-order valence-corrected chi connectivity index (χ4v) is 2.27. The van der Waals surface area contributed by atoms with Crippen molar-refractivity contribution in [2.75, 3.05) is 0 Å². The van der Waals surface area contributed by atoms with Crippen LogP contribution in [0.1, 0.15) is 27.6 Å². The van der Waals surface area contributed by atoms with Crippen molar-refractivity contribution in [2.45, 2.75) is 13.8 Å². The SMILES string of the molecule is Cc1[nH]c(=O)[nH]c1C(=O)c1ccc(-n2ccnc2C)cc1.Cl.O. The summed E-state index contributed by atoms with van der Waals surface area (Å²) in [4.78, 5) is 32.8. The van der Waals surface area contributed by atoms with Gasteiger partial charge in [0.1, 0.15) is 11.5 Å². The second-order valence-corrected chi connectivity index (χ2v) is 4.80. The van der Waals surface area contributed by atoms with E-state index in [0.717, 1.165) is 11.5 Å². The molecule has 0 aliphatic carbocycles. The first-order valence-corrected chi connectivity index (χ1v) is 6.50. The normalized spacial score (nSPS) is 9.83. The molecule has 4 N–H and O–H groups in total. The van der Waals surface area contributed by atoms with Gasteiger partial charge in [-0.1, -0.05) is 0 Å². The number of benzene rings is 1. The first kappa shape index (κ1) is 18.4. The molecule has 0 spiro atoms. The summed E-state index contributed by atoms with van der Waals surface area (Å²) in [6, 6.07) is 7.17. The summed E-state index contributed by atoms with van der Waals surface area (Å²) >= 11 is 0. The molecule has 0 saturated heterocycles. The highest BCUT2D eigenvalue weighted by atomic mass is 35.5. The van der Waals surface area contributed by atoms with Crippen molar-refractivity contribution in [3.05, 3.63) is 69.9 Å². The van der Waals surface area contributed by atoms with E-state index in [1.807, 2.05) is 29.8 Å². The van der Waals surface area contributed by atoms with Gasteiger partial charge in [-0.2, -0.15) is 0 Å². The monoisotopic (exact) mass is 336 g/mol. The third-order valence-corrected chi connectivity index (χ3v) is 3.38. The lowest BCUT2D eigenvalue weighted by molar-refractivity contribution is 0.103. The molecule has 3 rings (SSSR count). The van der Waals surface area contributed by atoms with Gasteiger partial charge in [-0.3, -0.25) is 4.79 Å². The Morgan fingerprint density at radius 1 is 1.13 bits per heavy atom. The van der Waals surface area contributed by atoms with Crippen LogP contribution in [0, 0.1) is 13.8 Å². The van der Waals surface area contributed by atoms with Crippen molar-refractivity contribution in [1.29, 1.82) is 0 Å². The number of H-pyrrole nitrogens is 2. The van der Waals surface area contributed by atoms with Crippen LogP contribution in [0.15, 0.2) is 41.5 Å². The number of rotatable bonds is 3. The van der Waals surface area contributed by atoms with E-state index in [4.69, 9.17) is 0 Å². The van der Waals surface area contributed by atoms with Crippen molar-refractivity contribution in [1.82, 2.24) is 19.5 Å². The zero-order valence-corrected chi connectivity index (χ0v) is 13.4. The van der Waals surface area contributed by atoms with Gasteiger partial charge in [-0.15, -0.1) is 12.4 Å². The van der Waals surface area contributed by atoms with Crippen LogP contribution in [0.2, 0.25) is 0 Å². The predicted octanol–water partition coefficient (Wildman–Crippen LogP) is 1.33. The molecule has 0 amide bonds. The van der Waals surface area contributed by atoms with Crippen LogP contribution < -0.4 is 5.69 Å². The second-order valence-electron chi connectivity index (χ2n) is 4.80. The molecule has 0 bridgehead atoms. The van der Waals surface area contributed by atoms with Crippen LogP contribution in [-0.4, -0.2) is 30.8 Å². The quantitative estimate of drug-likeness (QED) is 0.703. The number of hydrogen-bond donors (Lipinski definition) is 2. The Kier molecular flexibility index (Phi) is 5.67. The molecule has 1 aromatic carbocycles. The Morgan fingerprint density at radius 3 is 2.26 bits per heavy atom. The molecule has 3 aromatic rings. The Balaban J connectivity index is 0.00000132. The first-order valence-electron chi connectivity index (χ1n) is 6.50. The number of carbonyl (C=O) groups is 1. The number of hydrogen-bond acceptors (Lipinski definition) is 3. The molecule has 0 aliphatic rings. The number of aromatic amines is 2. The molecule has 8 heteroatoms. The van der Waals surface area contributed by atoms with Crippen LogP contribution in [-0.2, 0) is 0 Å². The van der Waals surface area contributed by atoms with Crippen LogP contribution in [0.5, 0.6) is 0 Å². The number of aromatic nitrogens is 4. The van der Waals surface area contributed by atoms with E-state index < -0.39 is 0 Å². The van der Waals surface area contributed by atoms with E-state index >= 15 is 0 Å². The van der Waals surface area contributed by atoms with Gasteiger partial charge in [-0.25, -0.2) is 9.78 Å². The van der Waals surface area contributed by atoms with E-state index in [2.05, 4.69) is 15.0 Å². The van der Waals surface area contributed by atoms with Crippen LogP contribution in [0.25, 0.3) is 5.69 Å². The lowest BCUT2D eigenvalue weighted by Crippen LogP contribution is -2.07. The minimum Gasteiger partial charge on any atom is -0.412 e. The fourth-order valence-electron chi connectivity index (χ4n) is 2.27. The summed E-state index contributed by atoms with van der Waals surface area (Å²) in [7, 11) is 0. The number of ketones is 1. The van der Waals surface area contributed by atoms with Gasteiger partial charge >= 0.3 is 5.69 Å². The molecule has 122 valence electrons. The fraction of sp³-hybridized carbons (Fsp3) is 0.133. The summed E-state index contributed by atoms with van der Waals surface area (Å²) in [5.74, 6) is 0.666. The Bertz CT molecular complexity index is 861. The van der Waals surface area contributed by atoms with Crippen molar-refractivity contribution >= 4 is 18.2 Å². The average Bonchev–Trinajstić information content (AvgIpc) is 3.04. The Labute approximate surface area is 138 Å². The third kappa shape index (κ3) is 3.41. The van der Waals surface area contributed by atoms with Gasteiger partial charge in [0.15, 0.2) is 0 Å². The average molecular weight is 337 g/mol. The van der Waals surface area contributed by atoms with Gasteiger partial charge in [0, 0.05) is 29.3 Å². The highest BCUT2D eigenvalue weighted by Crippen LogP contribution is 2.14. The van der Waals surface area contributed by atoms with Gasteiger partial charge in [-0.05, 0) is 38.1 Å². The van der Waals surface area contributed by atoms with Crippen molar-refractivity contribution in [3.8, 4) is 5.69 Å². The smallest absolute Gasteiger partial charge is 0.323 e. The van der Waals surface area contributed by atoms with E-state index in [9.17, 15) is 9.59 Å². The zero-order chi connectivity index (χ0) is 15.0. The maximum atomic E-state index is 12.3. The van der Waals surface area contributed by atoms with Gasteiger partial charge in [0.05, 0.1) is 0 Å². The molecule has 0 fully saturated rings. The number of halogens is 1. The van der Waals surface area contributed by atoms with Gasteiger partial charge in [0.2, 0.25) is 5.78 Å². The summed E-state index contributed by atoms with van der Waals surface area (Å²) in [5.41, 5.74) is 1.92. The van der Waals surface area contributed by atoms with E-state index in [0.29, 0.717) is 17.0 Å². The molecular formula is C15H17ClN4O3. The van der Waals surface area contributed by atoms with Crippen molar-refractivity contribution in [3.63, 3.8) is 0 Å². The Hall–Kier alpha value is -2.64. The standard InChI is InChI=1S/C15H14N4O2.ClH.H2O/c1-9-13(18-15(21)17-9)14(20)11-3-5-12(6-4-11)19-8-7-16-10(19)2;;/h3-8H,1-2H3,(H2,17,18,21);1H;1H2. The van der Waals surface area contributed by atoms with E-state index in [1.54, 1.807) is 25.3 Å². The number of nitrogens with zero attached hydrogens (tertiary/aromatic N) is 2. The Morgan fingerprint density at radius 2 is 1.78 bits per heavy atom. The number of carbonyl (C=O) groups excluding carboxylic acids is 1. The minimum absolute atomic E-state index is 0. The molecule has 23 heavy (non-hydrogen) atoms. The molecule has 0 saturated carbocycles. The predicted molar refractivity (Wildman–Crippen MR) is 88.7 cm³/mol. The van der Waals surface area contributed by atoms with Crippen molar-refractivity contribution < 1.29 is 10.3 Å². The summed E-state index contributed by atoms with van der Waals surface area (Å²) < 4.78 is 1.93.